The van der Waals surface area contributed by atoms with Gasteiger partial charge in [-0.3, -0.25) is 4.79 Å². The van der Waals surface area contributed by atoms with Gasteiger partial charge in [0, 0.05) is 10.7 Å². The zero-order valence-electron chi connectivity index (χ0n) is 8.96. The zero-order chi connectivity index (χ0) is 13.5. The van der Waals surface area contributed by atoms with Gasteiger partial charge in [0.05, 0.1) is 5.92 Å². The molecule has 1 aromatic rings. The molecule has 0 aliphatic carbocycles. The summed E-state index contributed by atoms with van der Waals surface area (Å²) in [5, 5.41) is 11.5. The number of aliphatic carboxylic acids is 1. The fourth-order valence-electron chi connectivity index (χ4n) is 2.03. The van der Waals surface area contributed by atoms with E-state index in [1.54, 1.807) is 0 Å². The van der Waals surface area contributed by atoms with Crippen LogP contribution >= 0.6 is 11.6 Å². The molecule has 2 rings (SSSR count). The smallest absolute Gasteiger partial charge is 0.409 e. The van der Waals surface area contributed by atoms with Crippen molar-refractivity contribution in [2.75, 3.05) is 5.32 Å². The van der Waals surface area contributed by atoms with Crippen LogP contribution in [0.15, 0.2) is 18.2 Å². The lowest BCUT2D eigenvalue weighted by Gasteiger charge is -2.33. The van der Waals surface area contributed by atoms with Gasteiger partial charge in [-0.25, -0.2) is 0 Å². The highest BCUT2D eigenvalue weighted by atomic mass is 35.5. The molecule has 1 heterocycles. The van der Waals surface area contributed by atoms with Crippen molar-refractivity contribution in [1.82, 2.24) is 0 Å². The van der Waals surface area contributed by atoms with Crippen molar-refractivity contribution in [3.05, 3.63) is 28.8 Å². The molecular weight excluding hydrogens is 271 g/mol. The highest BCUT2D eigenvalue weighted by Crippen LogP contribution is 2.37. The van der Waals surface area contributed by atoms with Gasteiger partial charge in [0.15, 0.2) is 0 Å². The summed E-state index contributed by atoms with van der Waals surface area (Å²) in [5.74, 6) is -3.02. The fourth-order valence-corrected chi connectivity index (χ4v) is 2.23. The van der Waals surface area contributed by atoms with Gasteiger partial charge < -0.3 is 10.4 Å². The summed E-state index contributed by atoms with van der Waals surface area (Å²) in [6, 6.07) is 2.28. The van der Waals surface area contributed by atoms with Crippen molar-refractivity contribution in [2.45, 2.75) is 18.6 Å². The highest BCUT2D eigenvalue weighted by molar-refractivity contribution is 6.30. The number of halogens is 4. The number of benzene rings is 1. The zero-order valence-corrected chi connectivity index (χ0v) is 9.72. The van der Waals surface area contributed by atoms with E-state index >= 15 is 0 Å². The molecule has 0 saturated heterocycles. The third-order valence-corrected chi connectivity index (χ3v) is 3.13. The van der Waals surface area contributed by atoms with Gasteiger partial charge in [-0.05, 0) is 30.2 Å². The highest BCUT2D eigenvalue weighted by Gasteiger charge is 2.49. The number of fused-ring (bicyclic) bond motifs is 1. The first kappa shape index (κ1) is 13.0. The Kier molecular flexibility index (Phi) is 3.14. The maximum Gasteiger partial charge on any atom is 0.409 e. The molecule has 0 radical (unpaired) electrons. The Balaban J connectivity index is 2.40. The minimum atomic E-state index is -4.61. The van der Waals surface area contributed by atoms with Crippen LogP contribution in [0.4, 0.5) is 18.9 Å². The second-order valence-electron chi connectivity index (χ2n) is 4.11. The SMILES string of the molecule is O=C(O)[C@@H]1Cc2cc(Cl)ccc2N[C@@H]1C(F)(F)F. The van der Waals surface area contributed by atoms with Gasteiger partial charge in [0.2, 0.25) is 0 Å². The molecule has 0 spiro atoms. The Hall–Kier alpha value is -1.43. The Morgan fingerprint density at radius 1 is 1.44 bits per heavy atom. The Bertz CT molecular complexity index is 490. The molecule has 2 N–H and O–H groups in total. The molecule has 1 aliphatic heterocycles. The van der Waals surface area contributed by atoms with E-state index in [9.17, 15) is 18.0 Å². The second kappa shape index (κ2) is 4.35. The molecule has 18 heavy (non-hydrogen) atoms. The molecule has 1 aromatic carbocycles. The first-order valence-electron chi connectivity index (χ1n) is 5.13. The summed E-state index contributed by atoms with van der Waals surface area (Å²) in [4.78, 5) is 10.9. The van der Waals surface area contributed by atoms with Crippen LogP contribution in [0.25, 0.3) is 0 Å². The summed E-state index contributed by atoms with van der Waals surface area (Å²) < 4.78 is 38.3. The fraction of sp³-hybridized carbons (Fsp3) is 0.364. The van der Waals surface area contributed by atoms with Crippen LogP contribution in [-0.4, -0.2) is 23.3 Å². The molecule has 0 saturated carbocycles. The van der Waals surface area contributed by atoms with Crippen molar-refractivity contribution in [3.8, 4) is 0 Å². The van der Waals surface area contributed by atoms with Crippen molar-refractivity contribution in [2.24, 2.45) is 5.92 Å². The average Bonchev–Trinajstić information content (AvgIpc) is 2.25. The van der Waals surface area contributed by atoms with Crippen molar-refractivity contribution < 1.29 is 23.1 Å². The first-order chi connectivity index (χ1) is 8.29. The first-order valence-corrected chi connectivity index (χ1v) is 5.51. The van der Waals surface area contributed by atoms with Crippen LogP contribution in [-0.2, 0) is 11.2 Å². The molecule has 0 aromatic heterocycles. The quantitative estimate of drug-likeness (QED) is 0.831. The van der Waals surface area contributed by atoms with Gasteiger partial charge in [0.25, 0.3) is 0 Å². The Labute approximate surface area is 106 Å². The molecular formula is C11H9ClF3NO2. The minimum Gasteiger partial charge on any atom is -0.481 e. The molecule has 3 nitrogen and oxygen atoms in total. The van der Waals surface area contributed by atoms with Gasteiger partial charge >= 0.3 is 12.1 Å². The van der Waals surface area contributed by atoms with Crippen LogP contribution in [0.5, 0.6) is 0 Å². The monoisotopic (exact) mass is 279 g/mol. The van der Waals surface area contributed by atoms with E-state index in [2.05, 4.69) is 5.32 Å². The Morgan fingerprint density at radius 3 is 2.67 bits per heavy atom. The van der Waals surface area contributed by atoms with Gasteiger partial charge in [-0.1, -0.05) is 11.6 Å². The van der Waals surface area contributed by atoms with E-state index < -0.39 is 24.1 Å². The van der Waals surface area contributed by atoms with Crippen molar-refractivity contribution >= 4 is 23.3 Å². The standard InChI is InChI=1S/C11H9ClF3NO2/c12-6-1-2-8-5(3-6)4-7(10(17)18)9(16-8)11(13,14)15/h1-3,7,9,16H,4H2,(H,17,18)/t7-,9+/m1/s1. The van der Waals surface area contributed by atoms with E-state index in [0.29, 0.717) is 10.6 Å². The molecule has 98 valence electrons. The van der Waals surface area contributed by atoms with E-state index in [4.69, 9.17) is 16.7 Å². The molecule has 0 fully saturated rings. The summed E-state index contributed by atoms with van der Waals surface area (Å²) in [6.45, 7) is 0. The van der Waals surface area contributed by atoms with Crippen LogP contribution < -0.4 is 5.32 Å². The number of carbonyl (C=O) groups is 1. The molecule has 1 aliphatic rings. The summed E-state index contributed by atoms with van der Waals surface area (Å²) >= 11 is 5.73. The maximum absolute atomic E-state index is 12.8. The van der Waals surface area contributed by atoms with Crippen LogP contribution in [0.2, 0.25) is 5.02 Å². The molecule has 0 bridgehead atoms. The molecule has 2 atom stereocenters. The van der Waals surface area contributed by atoms with Crippen LogP contribution in [0.1, 0.15) is 5.56 Å². The minimum absolute atomic E-state index is 0.192. The predicted octanol–water partition coefficient (Wildman–Crippen LogP) is 2.94. The number of nitrogens with one attached hydrogen (secondary N) is 1. The van der Waals surface area contributed by atoms with Gasteiger partial charge in [0.1, 0.15) is 6.04 Å². The maximum atomic E-state index is 12.8. The van der Waals surface area contributed by atoms with E-state index in [1.807, 2.05) is 0 Å². The number of hydrogen-bond acceptors (Lipinski definition) is 2. The number of alkyl halides is 3. The van der Waals surface area contributed by atoms with E-state index in [-0.39, 0.29) is 12.1 Å². The average molecular weight is 280 g/mol. The van der Waals surface area contributed by atoms with Gasteiger partial charge in [-0.15, -0.1) is 0 Å². The van der Waals surface area contributed by atoms with E-state index in [0.717, 1.165) is 0 Å². The summed E-state index contributed by atoms with van der Waals surface area (Å²) in [5.41, 5.74) is 0.759. The topological polar surface area (TPSA) is 49.3 Å². The van der Waals surface area contributed by atoms with Crippen molar-refractivity contribution in [1.29, 1.82) is 0 Å². The summed E-state index contributed by atoms with van der Waals surface area (Å²) in [7, 11) is 0. The second-order valence-corrected chi connectivity index (χ2v) is 4.55. The number of carboxylic acids is 1. The lowest BCUT2D eigenvalue weighted by atomic mass is 9.87. The number of hydrogen-bond donors (Lipinski definition) is 2. The lowest BCUT2D eigenvalue weighted by molar-refractivity contribution is -0.169. The normalized spacial score (nSPS) is 23.1. The lowest BCUT2D eigenvalue weighted by Crippen LogP contribution is -2.49. The third-order valence-electron chi connectivity index (χ3n) is 2.89. The molecule has 7 heteroatoms. The third kappa shape index (κ3) is 2.38. The molecule has 0 amide bonds. The number of rotatable bonds is 1. The van der Waals surface area contributed by atoms with Crippen LogP contribution in [0.3, 0.4) is 0 Å². The van der Waals surface area contributed by atoms with E-state index in [1.165, 1.54) is 18.2 Å². The predicted molar refractivity (Wildman–Crippen MR) is 59.7 cm³/mol. The molecule has 0 unspecified atom stereocenters. The largest absolute Gasteiger partial charge is 0.481 e. The summed E-state index contributed by atoms with van der Waals surface area (Å²) in [6.07, 6.45) is -4.80. The number of carboxylic acid groups (broad SMARTS) is 1. The Morgan fingerprint density at radius 2 is 2.11 bits per heavy atom. The number of anilines is 1. The van der Waals surface area contributed by atoms with Gasteiger partial charge in [-0.2, -0.15) is 13.2 Å². The van der Waals surface area contributed by atoms with Crippen molar-refractivity contribution in [3.63, 3.8) is 0 Å². The van der Waals surface area contributed by atoms with Crippen LogP contribution in [0, 0.1) is 5.92 Å².